The number of hydrogen-bond acceptors (Lipinski definition) is 5. The van der Waals surface area contributed by atoms with E-state index in [1.165, 1.54) is 23.4 Å². The molecular weight excluding hydrogens is 268 g/mol. The highest BCUT2D eigenvalue weighted by Gasteiger charge is 2.16. The minimum atomic E-state index is -0.387. The van der Waals surface area contributed by atoms with Gasteiger partial charge in [0, 0.05) is 33.5 Å². The fourth-order valence-corrected chi connectivity index (χ4v) is 2.75. The van der Waals surface area contributed by atoms with E-state index < -0.39 is 0 Å². The highest BCUT2D eigenvalue weighted by molar-refractivity contribution is 7.99. The Morgan fingerprint density at radius 2 is 1.84 bits per heavy atom. The quantitative estimate of drug-likeness (QED) is 0.601. The second-order valence-electron chi connectivity index (χ2n) is 4.26. The van der Waals surface area contributed by atoms with Crippen molar-refractivity contribution in [3.8, 4) is 0 Å². The van der Waals surface area contributed by atoms with Gasteiger partial charge in [0.25, 0.3) is 5.56 Å². The second-order valence-corrected chi connectivity index (χ2v) is 5.32. The van der Waals surface area contributed by atoms with Crippen LogP contribution >= 0.6 is 11.8 Å². The number of thioether (sulfide) groups is 1. The van der Waals surface area contributed by atoms with E-state index in [2.05, 4.69) is 4.98 Å². The average molecular weight is 284 g/mol. The second kappa shape index (κ2) is 5.22. The number of aromatic nitrogens is 4. The first-order valence-electron chi connectivity index (χ1n) is 5.85. The molecule has 2 aromatic heterocycles. The fourth-order valence-electron chi connectivity index (χ4n) is 1.86. The highest BCUT2D eigenvalue weighted by Crippen LogP contribution is 2.20. The Morgan fingerprint density at radius 3 is 2.47 bits per heavy atom. The smallest absolute Gasteiger partial charge is 0.332 e. The molecule has 0 aliphatic carbocycles. The molecule has 2 aromatic rings. The van der Waals surface area contributed by atoms with Crippen molar-refractivity contribution in [2.24, 2.45) is 21.1 Å². The standard InChI is InChI=1S/C11H16N4O3S/c1-13-7-8(12-10(13)19-6-4-5-16)14(2)11(18)15(3)9(7)17/h16H,4-6H2,1-3H3. The number of aliphatic hydroxyl groups is 1. The third kappa shape index (κ3) is 2.21. The molecule has 19 heavy (non-hydrogen) atoms. The van der Waals surface area contributed by atoms with E-state index in [0.717, 1.165) is 4.57 Å². The lowest BCUT2D eigenvalue weighted by Gasteiger charge is -2.03. The van der Waals surface area contributed by atoms with Crippen LogP contribution in [0.25, 0.3) is 11.2 Å². The molecule has 0 bridgehead atoms. The highest BCUT2D eigenvalue weighted by atomic mass is 32.2. The van der Waals surface area contributed by atoms with Crippen LogP contribution in [0.4, 0.5) is 0 Å². The van der Waals surface area contributed by atoms with Gasteiger partial charge in [0.15, 0.2) is 16.3 Å². The Kier molecular flexibility index (Phi) is 3.81. The number of aliphatic hydroxyl groups excluding tert-OH is 1. The van der Waals surface area contributed by atoms with Gasteiger partial charge in [-0.05, 0) is 6.42 Å². The van der Waals surface area contributed by atoms with E-state index in [-0.39, 0.29) is 17.9 Å². The largest absolute Gasteiger partial charge is 0.396 e. The van der Waals surface area contributed by atoms with Gasteiger partial charge in [0.1, 0.15) is 0 Å². The summed E-state index contributed by atoms with van der Waals surface area (Å²) in [6, 6.07) is 0. The van der Waals surface area contributed by atoms with E-state index in [1.54, 1.807) is 18.7 Å². The molecule has 0 aromatic carbocycles. The summed E-state index contributed by atoms with van der Waals surface area (Å²) in [5.74, 6) is 0.710. The van der Waals surface area contributed by atoms with Crippen molar-refractivity contribution in [1.82, 2.24) is 18.7 Å². The van der Waals surface area contributed by atoms with E-state index in [4.69, 9.17) is 5.11 Å². The van der Waals surface area contributed by atoms with Crippen LogP contribution in [-0.2, 0) is 21.1 Å². The fraction of sp³-hybridized carbons (Fsp3) is 0.545. The molecular formula is C11H16N4O3S. The summed E-state index contributed by atoms with van der Waals surface area (Å²) in [4.78, 5) is 28.3. The molecule has 0 spiro atoms. The topological polar surface area (TPSA) is 82.1 Å². The summed E-state index contributed by atoms with van der Waals surface area (Å²) in [5.41, 5.74) is 0.0720. The molecule has 0 aliphatic rings. The summed E-state index contributed by atoms with van der Waals surface area (Å²) < 4.78 is 4.14. The molecule has 2 heterocycles. The molecule has 7 nitrogen and oxygen atoms in total. The van der Waals surface area contributed by atoms with Crippen LogP contribution in [0.15, 0.2) is 14.7 Å². The Labute approximate surface area is 113 Å². The zero-order chi connectivity index (χ0) is 14.2. The predicted octanol–water partition coefficient (Wildman–Crippen LogP) is -0.555. The van der Waals surface area contributed by atoms with Crippen LogP contribution in [0.2, 0.25) is 0 Å². The molecule has 0 amide bonds. The lowest BCUT2D eigenvalue weighted by Crippen LogP contribution is -2.37. The zero-order valence-electron chi connectivity index (χ0n) is 11.1. The van der Waals surface area contributed by atoms with E-state index in [0.29, 0.717) is 28.5 Å². The van der Waals surface area contributed by atoms with Crippen LogP contribution in [-0.4, -0.2) is 36.2 Å². The van der Waals surface area contributed by atoms with Gasteiger partial charge >= 0.3 is 5.69 Å². The molecule has 0 fully saturated rings. The van der Waals surface area contributed by atoms with Crippen molar-refractivity contribution >= 4 is 22.9 Å². The van der Waals surface area contributed by atoms with Crippen molar-refractivity contribution in [1.29, 1.82) is 0 Å². The number of nitrogens with zero attached hydrogens (tertiary/aromatic N) is 4. The number of aryl methyl sites for hydroxylation is 2. The number of fused-ring (bicyclic) bond motifs is 1. The van der Waals surface area contributed by atoms with Crippen molar-refractivity contribution in [3.05, 3.63) is 20.8 Å². The third-order valence-corrected chi connectivity index (χ3v) is 4.08. The zero-order valence-corrected chi connectivity index (χ0v) is 11.9. The van der Waals surface area contributed by atoms with Gasteiger partial charge in [-0.1, -0.05) is 11.8 Å². The number of hydrogen-bond donors (Lipinski definition) is 1. The summed E-state index contributed by atoms with van der Waals surface area (Å²) >= 11 is 1.45. The van der Waals surface area contributed by atoms with Crippen LogP contribution in [0, 0.1) is 0 Å². The minimum absolute atomic E-state index is 0.122. The summed E-state index contributed by atoms with van der Waals surface area (Å²) in [6.07, 6.45) is 0.658. The number of rotatable bonds is 4. The van der Waals surface area contributed by atoms with Crippen LogP contribution < -0.4 is 11.2 Å². The molecule has 8 heteroatoms. The van der Waals surface area contributed by atoms with E-state index >= 15 is 0 Å². The molecule has 1 N–H and O–H groups in total. The van der Waals surface area contributed by atoms with Crippen molar-refractivity contribution in [3.63, 3.8) is 0 Å². The monoisotopic (exact) mass is 284 g/mol. The predicted molar refractivity (Wildman–Crippen MR) is 73.6 cm³/mol. The van der Waals surface area contributed by atoms with Gasteiger partial charge in [-0.3, -0.25) is 13.9 Å². The first-order valence-corrected chi connectivity index (χ1v) is 6.83. The molecule has 0 radical (unpaired) electrons. The lowest BCUT2D eigenvalue weighted by molar-refractivity contribution is 0.296. The van der Waals surface area contributed by atoms with Gasteiger partial charge in [-0.2, -0.15) is 0 Å². The van der Waals surface area contributed by atoms with E-state index in [1.807, 2.05) is 0 Å². The van der Waals surface area contributed by atoms with E-state index in [9.17, 15) is 9.59 Å². The van der Waals surface area contributed by atoms with Crippen molar-refractivity contribution < 1.29 is 5.11 Å². The van der Waals surface area contributed by atoms with Gasteiger partial charge in [-0.25, -0.2) is 9.78 Å². The summed E-state index contributed by atoms with van der Waals surface area (Å²) in [5, 5.41) is 9.44. The molecule has 0 saturated carbocycles. The van der Waals surface area contributed by atoms with Gasteiger partial charge in [0.05, 0.1) is 0 Å². The summed E-state index contributed by atoms with van der Waals surface area (Å²) in [6.45, 7) is 0.122. The molecule has 0 aliphatic heterocycles. The molecule has 0 saturated heterocycles. The third-order valence-electron chi connectivity index (χ3n) is 2.97. The van der Waals surface area contributed by atoms with Crippen LogP contribution in [0.1, 0.15) is 6.42 Å². The average Bonchev–Trinajstić information content (AvgIpc) is 2.72. The first-order chi connectivity index (χ1) is 8.99. The number of imidazole rings is 1. The lowest BCUT2D eigenvalue weighted by atomic mass is 10.5. The Morgan fingerprint density at radius 1 is 1.16 bits per heavy atom. The Hall–Kier alpha value is -1.54. The maximum Gasteiger partial charge on any atom is 0.332 e. The Bertz CT molecular complexity index is 728. The van der Waals surface area contributed by atoms with Crippen LogP contribution in [0.5, 0.6) is 0 Å². The minimum Gasteiger partial charge on any atom is -0.396 e. The first kappa shape index (κ1) is 13.9. The SMILES string of the molecule is Cn1c(=O)c2c(nc(SCCCO)n2C)n(C)c1=O. The molecule has 2 rings (SSSR count). The maximum absolute atomic E-state index is 12.1. The van der Waals surface area contributed by atoms with Gasteiger partial charge in [0.2, 0.25) is 0 Å². The molecule has 0 unspecified atom stereocenters. The normalized spacial score (nSPS) is 11.4. The molecule has 104 valence electrons. The Balaban J connectivity index is 2.64. The van der Waals surface area contributed by atoms with Gasteiger partial charge in [-0.15, -0.1) is 0 Å². The van der Waals surface area contributed by atoms with Crippen molar-refractivity contribution in [2.45, 2.75) is 11.6 Å². The van der Waals surface area contributed by atoms with Crippen molar-refractivity contribution in [2.75, 3.05) is 12.4 Å². The summed E-state index contributed by atoms with van der Waals surface area (Å²) in [7, 11) is 4.80. The maximum atomic E-state index is 12.1. The van der Waals surface area contributed by atoms with Crippen LogP contribution in [0.3, 0.4) is 0 Å². The van der Waals surface area contributed by atoms with Gasteiger partial charge < -0.3 is 9.67 Å². The molecule has 0 atom stereocenters.